The molecule has 0 aromatic heterocycles. The fourth-order valence-corrected chi connectivity index (χ4v) is 0.661. The van der Waals surface area contributed by atoms with Crippen molar-refractivity contribution in [1.29, 1.82) is 0 Å². The van der Waals surface area contributed by atoms with E-state index in [0.29, 0.717) is 5.75 Å². The Morgan fingerprint density at radius 1 is 1.27 bits per heavy atom. The van der Waals surface area contributed by atoms with E-state index in [2.05, 4.69) is 5.32 Å². The normalized spacial score (nSPS) is 7.91. The molecule has 0 radical (unpaired) electrons. The van der Waals surface area contributed by atoms with Crippen LogP contribution in [0.15, 0.2) is 24.3 Å². The molecular weight excluding hydrogens is 138 g/mol. The summed E-state index contributed by atoms with van der Waals surface area (Å²) < 4.78 is 0. The topological polar surface area (TPSA) is 32.3 Å². The monoisotopic (exact) mass is 153 g/mol. The number of hydrogen-bond acceptors (Lipinski definition) is 2. The Balaban J connectivity index is 0.000000461. The van der Waals surface area contributed by atoms with Crippen molar-refractivity contribution in [2.75, 3.05) is 12.4 Å². The van der Waals surface area contributed by atoms with Crippen LogP contribution in [0, 0.1) is 0 Å². The predicted octanol–water partition coefficient (Wildman–Crippen LogP) is 2.46. The van der Waals surface area contributed by atoms with Crippen molar-refractivity contribution in [3.63, 3.8) is 0 Å². The van der Waals surface area contributed by atoms with Gasteiger partial charge in [0.2, 0.25) is 0 Å². The van der Waals surface area contributed by atoms with Crippen LogP contribution in [0.1, 0.15) is 13.8 Å². The first-order chi connectivity index (χ1) is 5.33. The lowest BCUT2D eigenvalue weighted by Crippen LogP contribution is -1.85. The van der Waals surface area contributed by atoms with Gasteiger partial charge in [0.05, 0.1) is 0 Å². The summed E-state index contributed by atoms with van der Waals surface area (Å²) in [5.41, 5.74) is 0.926. The number of rotatable bonds is 1. The molecule has 0 aliphatic heterocycles. The highest BCUT2D eigenvalue weighted by Gasteiger charge is 1.86. The van der Waals surface area contributed by atoms with Crippen LogP contribution < -0.4 is 5.32 Å². The summed E-state index contributed by atoms with van der Waals surface area (Å²) in [6, 6.07) is 6.99. The molecule has 1 aromatic rings. The van der Waals surface area contributed by atoms with E-state index in [4.69, 9.17) is 5.11 Å². The second-order valence-corrected chi connectivity index (χ2v) is 1.80. The van der Waals surface area contributed by atoms with Crippen LogP contribution in [-0.2, 0) is 0 Å². The van der Waals surface area contributed by atoms with Crippen molar-refractivity contribution in [2.45, 2.75) is 13.8 Å². The number of anilines is 1. The molecule has 0 atom stereocenters. The van der Waals surface area contributed by atoms with Crippen LogP contribution in [0.2, 0.25) is 0 Å². The summed E-state index contributed by atoms with van der Waals surface area (Å²) in [5, 5.41) is 11.8. The maximum absolute atomic E-state index is 8.90. The van der Waals surface area contributed by atoms with Gasteiger partial charge in [0, 0.05) is 18.8 Å². The van der Waals surface area contributed by atoms with Crippen LogP contribution in [0.5, 0.6) is 5.75 Å². The molecule has 2 heteroatoms. The Morgan fingerprint density at radius 2 is 1.91 bits per heavy atom. The zero-order valence-corrected chi connectivity index (χ0v) is 7.26. The number of phenols is 1. The zero-order valence-electron chi connectivity index (χ0n) is 7.26. The van der Waals surface area contributed by atoms with Gasteiger partial charge in [-0.1, -0.05) is 19.9 Å². The minimum atomic E-state index is 0.293. The predicted molar refractivity (Wildman–Crippen MR) is 49.0 cm³/mol. The van der Waals surface area contributed by atoms with Crippen molar-refractivity contribution in [1.82, 2.24) is 0 Å². The molecule has 0 heterocycles. The number of benzene rings is 1. The zero-order chi connectivity index (χ0) is 8.69. The van der Waals surface area contributed by atoms with Gasteiger partial charge < -0.3 is 10.4 Å². The van der Waals surface area contributed by atoms with Crippen molar-refractivity contribution in [2.24, 2.45) is 0 Å². The SMILES string of the molecule is CC.CNc1cccc(O)c1. The number of nitrogens with one attached hydrogen (secondary N) is 1. The van der Waals surface area contributed by atoms with Crippen LogP contribution in [0.4, 0.5) is 5.69 Å². The van der Waals surface area contributed by atoms with Gasteiger partial charge in [0.25, 0.3) is 0 Å². The molecule has 11 heavy (non-hydrogen) atoms. The molecule has 0 saturated carbocycles. The molecule has 1 rings (SSSR count). The summed E-state index contributed by atoms with van der Waals surface area (Å²) in [6.45, 7) is 4.00. The van der Waals surface area contributed by atoms with Gasteiger partial charge in [-0.25, -0.2) is 0 Å². The fourth-order valence-electron chi connectivity index (χ4n) is 0.661. The van der Waals surface area contributed by atoms with E-state index in [0.717, 1.165) is 5.69 Å². The van der Waals surface area contributed by atoms with Gasteiger partial charge in [-0.2, -0.15) is 0 Å². The second-order valence-electron chi connectivity index (χ2n) is 1.80. The van der Waals surface area contributed by atoms with E-state index in [1.54, 1.807) is 18.2 Å². The minimum absolute atomic E-state index is 0.293. The van der Waals surface area contributed by atoms with Gasteiger partial charge in [-0.3, -0.25) is 0 Å². The second kappa shape index (κ2) is 5.59. The molecular formula is C9H15NO. The standard InChI is InChI=1S/C7H9NO.C2H6/c1-8-6-3-2-4-7(9)5-6;1-2/h2-5,8-9H,1H3;1-2H3. The van der Waals surface area contributed by atoms with Crippen LogP contribution in [0.25, 0.3) is 0 Å². The summed E-state index contributed by atoms with van der Waals surface area (Å²) in [5.74, 6) is 0.293. The summed E-state index contributed by atoms with van der Waals surface area (Å²) >= 11 is 0. The van der Waals surface area contributed by atoms with Crippen LogP contribution in [0.3, 0.4) is 0 Å². The molecule has 0 aliphatic rings. The minimum Gasteiger partial charge on any atom is -0.508 e. The molecule has 0 unspecified atom stereocenters. The average Bonchev–Trinajstić information content (AvgIpc) is 2.08. The largest absolute Gasteiger partial charge is 0.508 e. The fraction of sp³-hybridized carbons (Fsp3) is 0.333. The van der Waals surface area contributed by atoms with Gasteiger partial charge in [0.15, 0.2) is 0 Å². The molecule has 0 saturated heterocycles. The van der Waals surface area contributed by atoms with E-state index >= 15 is 0 Å². The van der Waals surface area contributed by atoms with Crippen molar-refractivity contribution < 1.29 is 5.11 Å². The third-order valence-corrected chi connectivity index (χ3v) is 1.13. The lowest BCUT2D eigenvalue weighted by atomic mass is 10.3. The maximum Gasteiger partial charge on any atom is 0.117 e. The smallest absolute Gasteiger partial charge is 0.117 e. The number of phenolic OH excluding ortho intramolecular Hbond substituents is 1. The Kier molecular flexibility index (Phi) is 4.99. The molecule has 0 fully saturated rings. The lowest BCUT2D eigenvalue weighted by Gasteiger charge is -1.97. The van der Waals surface area contributed by atoms with Crippen molar-refractivity contribution in [3.8, 4) is 5.75 Å². The molecule has 2 N–H and O–H groups in total. The van der Waals surface area contributed by atoms with Gasteiger partial charge in [-0.15, -0.1) is 0 Å². The Hall–Kier alpha value is -1.18. The highest BCUT2D eigenvalue weighted by Crippen LogP contribution is 2.13. The highest BCUT2D eigenvalue weighted by atomic mass is 16.3. The van der Waals surface area contributed by atoms with E-state index < -0.39 is 0 Å². The number of hydrogen-bond donors (Lipinski definition) is 2. The maximum atomic E-state index is 8.90. The Morgan fingerprint density at radius 3 is 2.27 bits per heavy atom. The van der Waals surface area contributed by atoms with Gasteiger partial charge >= 0.3 is 0 Å². The Labute approximate surface area is 67.9 Å². The molecule has 1 aromatic carbocycles. The van der Waals surface area contributed by atoms with Crippen molar-refractivity contribution >= 4 is 5.69 Å². The summed E-state index contributed by atoms with van der Waals surface area (Å²) in [6.07, 6.45) is 0. The molecule has 0 spiro atoms. The summed E-state index contributed by atoms with van der Waals surface area (Å²) in [7, 11) is 1.81. The first-order valence-electron chi connectivity index (χ1n) is 3.79. The first kappa shape index (κ1) is 9.82. The van der Waals surface area contributed by atoms with E-state index in [-0.39, 0.29) is 0 Å². The van der Waals surface area contributed by atoms with Crippen molar-refractivity contribution in [3.05, 3.63) is 24.3 Å². The third kappa shape index (κ3) is 3.50. The van der Waals surface area contributed by atoms with Crippen LogP contribution >= 0.6 is 0 Å². The average molecular weight is 153 g/mol. The van der Waals surface area contributed by atoms with E-state index in [1.807, 2.05) is 27.0 Å². The molecule has 0 amide bonds. The van der Waals surface area contributed by atoms with E-state index in [9.17, 15) is 0 Å². The quantitative estimate of drug-likeness (QED) is 0.649. The number of aromatic hydroxyl groups is 1. The van der Waals surface area contributed by atoms with Crippen LogP contribution in [-0.4, -0.2) is 12.2 Å². The summed E-state index contributed by atoms with van der Waals surface area (Å²) in [4.78, 5) is 0. The molecule has 2 nitrogen and oxygen atoms in total. The third-order valence-electron chi connectivity index (χ3n) is 1.13. The molecule has 62 valence electrons. The van der Waals surface area contributed by atoms with E-state index in [1.165, 1.54) is 0 Å². The highest BCUT2D eigenvalue weighted by molar-refractivity contribution is 5.46. The lowest BCUT2D eigenvalue weighted by molar-refractivity contribution is 0.475. The molecule has 0 aliphatic carbocycles. The first-order valence-corrected chi connectivity index (χ1v) is 3.79. The molecule has 0 bridgehead atoms. The van der Waals surface area contributed by atoms with Gasteiger partial charge in [-0.05, 0) is 12.1 Å². The van der Waals surface area contributed by atoms with Gasteiger partial charge in [0.1, 0.15) is 5.75 Å². The Bertz CT molecular complexity index is 199.